The van der Waals surface area contributed by atoms with Gasteiger partial charge in [-0.1, -0.05) is 41.9 Å². The monoisotopic (exact) mass is 512 g/mol. The van der Waals surface area contributed by atoms with Crippen LogP contribution >= 0.6 is 23.4 Å². The molecule has 4 aromatic rings. The highest BCUT2D eigenvalue weighted by atomic mass is 35.5. The molecule has 7 nitrogen and oxygen atoms in total. The summed E-state index contributed by atoms with van der Waals surface area (Å²) in [6.45, 7) is 0.190. The summed E-state index contributed by atoms with van der Waals surface area (Å²) < 4.78 is 29.9. The quantitative estimate of drug-likeness (QED) is 0.205. The fourth-order valence-electron chi connectivity index (χ4n) is 3.05. The van der Waals surface area contributed by atoms with Crippen LogP contribution in [-0.4, -0.2) is 28.4 Å². The van der Waals surface area contributed by atoms with Crippen molar-refractivity contribution in [3.8, 4) is 23.0 Å². The topological polar surface area (TPSA) is 94.7 Å². The SMILES string of the molecule is COc1ccc(Cl)cc1-c1nnc(S/C(=C\c2ccccc2OCc2ccc(F)cc2)C(=O)O)o1. The van der Waals surface area contributed by atoms with Crippen LogP contribution in [0.15, 0.2) is 81.3 Å². The maximum atomic E-state index is 13.1. The molecular formula is C25H18ClFN2O5S. The smallest absolute Gasteiger partial charge is 0.342 e. The van der Waals surface area contributed by atoms with E-state index in [1.54, 1.807) is 54.6 Å². The van der Waals surface area contributed by atoms with E-state index in [9.17, 15) is 14.3 Å². The van der Waals surface area contributed by atoms with Crippen LogP contribution in [-0.2, 0) is 11.4 Å². The number of thioether (sulfide) groups is 1. The predicted molar refractivity (Wildman–Crippen MR) is 130 cm³/mol. The Morgan fingerprint density at radius 2 is 1.89 bits per heavy atom. The first-order valence-corrected chi connectivity index (χ1v) is 11.4. The molecule has 35 heavy (non-hydrogen) atoms. The third-order valence-electron chi connectivity index (χ3n) is 4.72. The number of hydrogen-bond donors (Lipinski definition) is 1. The minimum absolute atomic E-state index is 0.0281. The fourth-order valence-corrected chi connectivity index (χ4v) is 3.89. The maximum absolute atomic E-state index is 13.1. The zero-order valence-corrected chi connectivity index (χ0v) is 19.8. The number of aliphatic carboxylic acids is 1. The molecule has 0 bridgehead atoms. The Morgan fingerprint density at radius 1 is 1.11 bits per heavy atom. The molecule has 0 saturated heterocycles. The molecule has 178 valence electrons. The van der Waals surface area contributed by atoms with Gasteiger partial charge in [0, 0.05) is 10.6 Å². The number of para-hydroxylation sites is 1. The summed E-state index contributed by atoms with van der Waals surface area (Å²) in [7, 11) is 1.50. The van der Waals surface area contributed by atoms with Gasteiger partial charge < -0.3 is 19.0 Å². The van der Waals surface area contributed by atoms with Gasteiger partial charge in [0.05, 0.1) is 12.7 Å². The molecule has 1 aromatic heterocycles. The largest absolute Gasteiger partial charge is 0.496 e. The summed E-state index contributed by atoms with van der Waals surface area (Å²) in [4.78, 5) is 11.9. The molecule has 1 heterocycles. The molecule has 0 amide bonds. The van der Waals surface area contributed by atoms with Crippen LogP contribution < -0.4 is 9.47 Å². The van der Waals surface area contributed by atoms with Gasteiger partial charge in [-0.05, 0) is 59.8 Å². The van der Waals surface area contributed by atoms with Crippen LogP contribution in [0.4, 0.5) is 4.39 Å². The van der Waals surface area contributed by atoms with Crippen molar-refractivity contribution in [2.24, 2.45) is 0 Å². The van der Waals surface area contributed by atoms with Gasteiger partial charge in [-0.15, -0.1) is 10.2 Å². The zero-order valence-electron chi connectivity index (χ0n) is 18.3. The van der Waals surface area contributed by atoms with E-state index in [1.165, 1.54) is 25.3 Å². The summed E-state index contributed by atoms with van der Waals surface area (Å²) in [5.74, 6) is -0.428. The lowest BCUT2D eigenvalue weighted by Gasteiger charge is -2.10. The number of nitrogens with zero attached hydrogens (tertiary/aromatic N) is 2. The Bertz CT molecular complexity index is 1370. The van der Waals surface area contributed by atoms with E-state index in [0.717, 1.165) is 17.3 Å². The molecule has 0 fully saturated rings. The van der Waals surface area contributed by atoms with Crippen molar-refractivity contribution < 1.29 is 28.2 Å². The molecule has 0 radical (unpaired) electrons. The second-order valence-corrected chi connectivity index (χ2v) is 8.52. The lowest BCUT2D eigenvalue weighted by molar-refractivity contribution is -0.131. The second kappa shape index (κ2) is 11.1. The molecule has 1 N–H and O–H groups in total. The number of carboxylic acids is 1. The number of ether oxygens (including phenoxy) is 2. The first-order valence-electron chi connectivity index (χ1n) is 10.2. The molecule has 4 rings (SSSR count). The minimum Gasteiger partial charge on any atom is -0.496 e. The van der Waals surface area contributed by atoms with Crippen molar-refractivity contribution in [1.29, 1.82) is 0 Å². The third kappa shape index (κ3) is 6.20. The number of hydrogen-bond acceptors (Lipinski definition) is 7. The zero-order chi connectivity index (χ0) is 24.8. The van der Waals surface area contributed by atoms with E-state index in [0.29, 0.717) is 27.6 Å². The Labute approximate surface area is 209 Å². The lowest BCUT2D eigenvalue weighted by Crippen LogP contribution is -1.99. The van der Waals surface area contributed by atoms with Gasteiger partial charge in [-0.2, -0.15) is 0 Å². The highest BCUT2D eigenvalue weighted by Gasteiger charge is 2.19. The van der Waals surface area contributed by atoms with Crippen molar-refractivity contribution in [3.63, 3.8) is 0 Å². The van der Waals surface area contributed by atoms with Crippen molar-refractivity contribution in [2.45, 2.75) is 11.8 Å². The number of carbonyl (C=O) groups is 1. The molecule has 0 atom stereocenters. The molecule has 0 saturated carbocycles. The van der Waals surface area contributed by atoms with E-state index in [2.05, 4.69) is 10.2 Å². The third-order valence-corrected chi connectivity index (χ3v) is 5.81. The van der Waals surface area contributed by atoms with Crippen LogP contribution in [0, 0.1) is 5.82 Å². The first kappa shape index (κ1) is 24.3. The minimum atomic E-state index is -1.18. The summed E-state index contributed by atoms with van der Waals surface area (Å²) in [5.41, 5.74) is 1.79. The van der Waals surface area contributed by atoms with Crippen LogP contribution in [0.5, 0.6) is 11.5 Å². The van der Waals surface area contributed by atoms with Gasteiger partial charge in [0.1, 0.15) is 28.8 Å². The summed E-state index contributed by atoms with van der Waals surface area (Å²) in [6, 6.07) is 17.9. The van der Waals surface area contributed by atoms with E-state index < -0.39 is 5.97 Å². The molecule has 10 heteroatoms. The highest BCUT2D eigenvalue weighted by Crippen LogP contribution is 2.35. The van der Waals surface area contributed by atoms with Gasteiger partial charge in [-0.25, -0.2) is 9.18 Å². The van der Waals surface area contributed by atoms with Gasteiger partial charge in [-0.3, -0.25) is 0 Å². The predicted octanol–water partition coefficient (Wildman–Crippen LogP) is 6.33. The number of aromatic nitrogens is 2. The maximum Gasteiger partial charge on any atom is 0.342 e. The van der Waals surface area contributed by atoms with E-state index in [1.807, 2.05) is 0 Å². The van der Waals surface area contributed by atoms with Gasteiger partial charge in [0.15, 0.2) is 0 Å². The number of benzene rings is 3. The number of methoxy groups -OCH3 is 1. The Kier molecular flexibility index (Phi) is 7.69. The van der Waals surface area contributed by atoms with Gasteiger partial charge in [0.25, 0.3) is 11.1 Å². The number of halogens is 2. The Balaban J connectivity index is 1.56. The molecule has 0 unspecified atom stereocenters. The molecule has 0 aliphatic carbocycles. The van der Waals surface area contributed by atoms with Crippen molar-refractivity contribution in [1.82, 2.24) is 10.2 Å². The Morgan fingerprint density at radius 3 is 2.63 bits per heavy atom. The van der Waals surface area contributed by atoms with Crippen LogP contribution in [0.3, 0.4) is 0 Å². The average molecular weight is 513 g/mol. The summed E-state index contributed by atoms with van der Waals surface area (Å²) >= 11 is 6.87. The van der Waals surface area contributed by atoms with E-state index in [4.69, 9.17) is 25.5 Å². The molecular weight excluding hydrogens is 495 g/mol. The van der Waals surface area contributed by atoms with E-state index in [-0.39, 0.29) is 28.4 Å². The first-order chi connectivity index (χ1) is 16.9. The van der Waals surface area contributed by atoms with Crippen LogP contribution in [0.25, 0.3) is 17.5 Å². The average Bonchev–Trinajstić information content (AvgIpc) is 3.32. The normalized spacial score (nSPS) is 11.3. The lowest BCUT2D eigenvalue weighted by atomic mass is 10.2. The van der Waals surface area contributed by atoms with Gasteiger partial charge >= 0.3 is 5.97 Å². The number of rotatable bonds is 9. The second-order valence-electron chi connectivity index (χ2n) is 7.09. The summed E-state index contributed by atoms with van der Waals surface area (Å²) in [5, 5.41) is 18.2. The van der Waals surface area contributed by atoms with Crippen LogP contribution in [0.1, 0.15) is 11.1 Å². The van der Waals surface area contributed by atoms with E-state index >= 15 is 0 Å². The van der Waals surface area contributed by atoms with Crippen molar-refractivity contribution in [2.75, 3.05) is 7.11 Å². The summed E-state index contributed by atoms with van der Waals surface area (Å²) in [6.07, 6.45) is 1.46. The molecule has 0 spiro atoms. The molecule has 3 aromatic carbocycles. The number of carboxylic acid groups (broad SMARTS) is 1. The molecule has 0 aliphatic rings. The van der Waals surface area contributed by atoms with Crippen molar-refractivity contribution in [3.05, 3.63) is 93.6 Å². The molecule has 0 aliphatic heterocycles. The van der Waals surface area contributed by atoms with Gasteiger partial charge in [0.2, 0.25) is 0 Å². The highest BCUT2D eigenvalue weighted by molar-refractivity contribution is 8.03. The standard InChI is InChI=1S/C25H18ClFN2O5S/c1-32-21-11-8-17(26)13-19(21)23-28-29-25(34-23)35-22(24(30)31)12-16-4-2-3-5-20(16)33-14-15-6-9-18(27)10-7-15/h2-13H,14H2,1H3,(H,30,31)/b22-12-. The Hall–Kier alpha value is -3.82. The van der Waals surface area contributed by atoms with Crippen LogP contribution in [0.2, 0.25) is 5.02 Å². The van der Waals surface area contributed by atoms with Crippen molar-refractivity contribution >= 4 is 35.4 Å². The fraction of sp³-hybridized carbons (Fsp3) is 0.0800.